The van der Waals surface area contributed by atoms with Crippen LogP contribution in [0.2, 0.25) is 0 Å². The van der Waals surface area contributed by atoms with Crippen LogP contribution in [0.25, 0.3) is 0 Å². The molecule has 0 aliphatic carbocycles. The number of rotatable bonds is 5. The third-order valence-electron chi connectivity index (χ3n) is 3.24. The van der Waals surface area contributed by atoms with Gasteiger partial charge in [0.25, 0.3) is 0 Å². The average molecular weight is 234 g/mol. The molecule has 17 heavy (non-hydrogen) atoms. The van der Waals surface area contributed by atoms with Crippen LogP contribution in [0.15, 0.2) is 18.2 Å². The lowest BCUT2D eigenvalue weighted by atomic mass is 10.0. The number of ether oxygens (including phenoxy) is 1. The molecule has 0 bridgehead atoms. The first kappa shape index (κ1) is 12.2. The molecule has 2 rings (SSSR count). The summed E-state index contributed by atoms with van der Waals surface area (Å²) in [6.45, 7) is 2.97. The Kier molecular flexibility index (Phi) is 4.26. The summed E-state index contributed by atoms with van der Waals surface area (Å²) in [5, 5.41) is 3.18. The van der Waals surface area contributed by atoms with E-state index < -0.39 is 0 Å². The summed E-state index contributed by atoms with van der Waals surface area (Å²) in [6, 6.07) is 6.47. The van der Waals surface area contributed by atoms with Gasteiger partial charge < -0.3 is 15.0 Å². The van der Waals surface area contributed by atoms with Gasteiger partial charge >= 0.3 is 0 Å². The van der Waals surface area contributed by atoms with Gasteiger partial charge in [-0.3, -0.25) is 0 Å². The molecule has 94 valence electrons. The highest BCUT2D eigenvalue weighted by Gasteiger charge is 2.16. The predicted octanol–water partition coefficient (Wildman–Crippen LogP) is 2.06. The number of hydrogen-bond donors (Lipinski definition) is 1. The van der Waals surface area contributed by atoms with Crippen LogP contribution in [0.1, 0.15) is 18.4 Å². The fourth-order valence-electron chi connectivity index (χ4n) is 2.29. The standard InChI is InChI=1S/C14H22N2O/c1-15-9-5-10-16(2)13-8-3-6-12-7-4-11-17-14(12)13/h3,6,8,15H,4-5,7,9-11H2,1-2H3. The Morgan fingerprint density at radius 2 is 2.29 bits per heavy atom. The lowest BCUT2D eigenvalue weighted by Gasteiger charge is -2.26. The molecule has 0 atom stereocenters. The van der Waals surface area contributed by atoms with Gasteiger partial charge in [-0.15, -0.1) is 0 Å². The number of anilines is 1. The van der Waals surface area contributed by atoms with Gasteiger partial charge in [0, 0.05) is 13.6 Å². The first-order valence-electron chi connectivity index (χ1n) is 6.43. The average Bonchev–Trinajstić information content (AvgIpc) is 2.38. The van der Waals surface area contributed by atoms with Crippen molar-refractivity contribution in [2.24, 2.45) is 0 Å². The predicted molar refractivity (Wildman–Crippen MR) is 72.1 cm³/mol. The Bertz CT molecular complexity index is 365. The van der Waals surface area contributed by atoms with Crippen molar-refractivity contribution in [1.82, 2.24) is 5.32 Å². The first-order valence-corrected chi connectivity index (χ1v) is 6.43. The minimum absolute atomic E-state index is 0.856. The zero-order valence-corrected chi connectivity index (χ0v) is 10.8. The molecule has 1 heterocycles. The van der Waals surface area contributed by atoms with Crippen LogP contribution in [-0.4, -0.2) is 33.8 Å². The van der Waals surface area contributed by atoms with Gasteiger partial charge in [-0.25, -0.2) is 0 Å². The molecule has 0 spiro atoms. The second-order valence-corrected chi connectivity index (χ2v) is 4.60. The SMILES string of the molecule is CNCCCN(C)c1cccc2c1OCCC2. The minimum atomic E-state index is 0.856. The van der Waals surface area contributed by atoms with E-state index in [0.29, 0.717) is 0 Å². The largest absolute Gasteiger partial charge is 0.491 e. The van der Waals surface area contributed by atoms with Crippen LogP contribution < -0.4 is 15.0 Å². The summed E-state index contributed by atoms with van der Waals surface area (Å²) in [5.74, 6) is 1.10. The second-order valence-electron chi connectivity index (χ2n) is 4.60. The lowest BCUT2D eigenvalue weighted by Crippen LogP contribution is -2.23. The summed E-state index contributed by atoms with van der Waals surface area (Å²) in [4.78, 5) is 2.29. The third kappa shape index (κ3) is 2.91. The monoisotopic (exact) mass is 234 g/mol. The van der Waals surface area contributed by atoms with Crippen LogP contribution in [0, 0.1) is 0 Å². The highest BCUT2D eigenvalue weighted by atomic mass is 16.5. The summed E-state index contributed by atoms with van der Waals surface area (Å²) >= 11 is 0. The molecule has 0 saturated heterocycles. The van der Waals surface area contributed by atoms with Gasteiger partial charge in [-0.1, -0.05) is 12.1 Å². The number of nitrogens with zero attached hydrogens (tertiary/aromatic N) is 1. The molecule has 1 N–H and O–H groups in total. The molecule has 3 heteroatoms. The molecule has 1 aliphatic rings. The normalized spacial score (nSPS) is 14.0. The van der Waals surface area contributed by atoms with Crippen LogP contribution in [0.3, 0.4) is 0 Å². The van der Waals surface area contributed by atoms with E-state index in [0.717, 1.165) is 44.7 Å². The van der Waals surface area contributed by atoms with Gasteiger partial charge in [0.2, 0.25) is 0 Å². The molecule has 0 amide bonds. The molecule has 0 saturated carbocycles. The van der Waals surface area contributed by atoms with Crippen LogP contribution in [0.5, 0.6) is 5.75 Å². The van der Waals surface area contributed by atoms with Gasteiger partial charge in [0.1, 0.15) is 5.75 Å². The van der Waals surface area contributed by atoms with Crippen LogP contribution in [0.4, 0.5) is 5.69 Å². The number of hydrogen-bond acceptors (Lipinski definition) is 3. The van der Waals surface area contributed by atoms with Crippen molar-refractivity contribution >= 4 is 5.69 Å². The van der Waals surface area contributed by atoms with E-state index in [1.807, 2.05) is 7.05 Å². The van der Waals surface area contributed by atoms with E-state index in [2.05, 4.69) is 35.5 Å². The number of nitrogens with one attached hydrogen (secondary N) is 1. The highest BCUT2D eigenvalue weighted by Crippen LogP contribution is 2.34. The van der Waals surface area contributed by atoms with E-state index in [1.165, 1.54) is 11.3 Å². The van der Waals surface area contributed by atoms with Crippen molar-refractivity contribution in [3.63, 3.8) is 0 Å². The molecule has 0 aromatic heterocycles. The molecule has 0 radical (unpaired) electrons. The third-order valence-corrected chi connectivity index (χ3v) is 3.24. The Balaban J connectivity index is 2.09. The Morgan fingerprint density at radius 3 is 3.12 bits per heavy atom. The van der Waals surface area contributed by atoms with Crippen molar-refractivity contribution in [1.29, 1.82) is 0 Å². The quantitative estimate of drug-likeness (QED) is 0.789. The zero-order valence-electron chi connectivity index (χ0n) is 10.8. The van der Waals surface area contributed by atoms with E-state index >= 15 is 0 Å². The second kappa shape index (κ2) is 5.92. The summed E-state index contributed by atoms with van der Waals surface area (Å²) < 4.78 is 5.82. The number of para-hydroxylation sites is 1. The van der Waals surface area contributed by atoms with E-state index in [9.17, 15) is 0 Å². The number of fused-ring (bicyclic) bond motifs is 1. The van der Waals surface area contributed by atoms with Crippen LogP contribution in [-0.2, 0) is 6.42 Å². The number of aryl methyl sites for hydroxylation is 1. The Morgan fingerprint density at radius 1 is 1.41 bits per heavy atom. The summed E-state index contributed by atoms with van der Waals surface area (Å²) in [5.41, 5.74) is 2.59. The van der Waals surface area contributed by atoms with Crippen molar-refractivity contribution in [3.05, 3.63) is 23.8 Å². The van der Waals surface area contributed by atoms with E-state index in [1.54, 1.807) is 0 Å². The van der Waals surface area contributed by atoms with Crippen molar-refractivity contribution < 1.29 is 4.74 Å². The van der Waals surface area contributed by atoms with Gasteiger partial charge in [0.15, 0.2) is 0 Å². The number of benzene rings is 1. The fourth-order valence-corrected chi connectivity index (χ4v) is 2.29. The van der Waals surface area contributed by atoms with Gasteiger partial charge in [-0.05, 0) is 44.5 Å². The molecule has 1 aliphatic heterocycles. The maximum absolute atomic E-state index is 5.82. The van der Waals surface area contributed by atoms with E-state index in [4.69, 9.17) is 4.74 Å². The summed E-state index contributed by atoms with van der Waals surface area (Å²) in [6.07, 6.45) is 3.43. The Hall–Kier alpha value is -1.22. The van der Waals surface area contributed by atoms with Crippen molar-refractivity contribution in [3.8, 4) is 5.75 Å². The molecule has 3 nitrogen and oxygen atoms in total. The Labute approximate surface area is 104 Å². The smallest absolute Gasteiger partial charge is 0.145 e. The molecule has 1 aromatic carbocycles. The fraction of sp³-hybridized carbons (Fsp3) is 0.571. The molecule has 0 unspecified atom stereocenters. The van der Waals surface area contributed by atoms with Gasteiger partial charge in [-0.2, -0.15) is 0 Å². The maximum atomic E-state index is 5.82. The maximum Gasteiger partial charge on any atom is 0.145 e. The lowest BCUT2D eigenvalue weighted by molar-refractivity contribution is 0.289. The molecule has 0 fully saturated rings. The molecular weight excluding hydrogens is 212 g/mol. The van der Waals surface area contributed by atoms with E-state index in [-0.39, 0.29) is 0 Å². The topological polar surface area (TPSA) is 24.5 Å². The summed E-state index contributed by atoms with van der Waals surface area (Å²) in [7, 11) is 4.14. The molecular formula is C14H22N2O. The van der Waals surface area contributed by atoms with Crippen molar-refractivity contribution in [2.75, 3.05) is 38.7 Å². The van der Waals surface area contributed by atoms with Crippen LogP contribution >= 0.6 is 0 Å². The zero-order chi connectivity index (χ0) is 12.1. The molecule has 1 aromatic rings. The highest BCUT2D eigenvalue weighted by molar-refractivity contribution is 5.62. The van der Waals surface area contributed by atoms with Crippen molar-refractivity contribution in [2.45, 2.75) is 19.3 Å². The van der Waals surface area contributed by atoms with Gasteiger partial charge in [0.05, 0.1) is 12.3 Å². The first-order chi connectivity index (χ1) is 8.33. The minimum Gasteiger partial charge on any atom is -0.491 e.